The molecule has 4 rings (SSSR count). The molecule has 0 aliphatic carbocycles. The van der Waals surface area contributed by atoms with Gasteiger partial charge in [0.2, 0.25) is 11.2 Å². The molecule has 2 aliphatic rings. The van der Waals surface area contributed by atoms with Crippen molar-refractivity contribution in [1.29, 1.82) is 0 Å². The highest BCUT2D eigenvalue weighted by atomic mass is 32.1. The standard InChI is InChI=1S/C17H11FN2O2S/c18-11-7-5-10(6-8-11)9-20-16(21)15-14(19-17(20)23)12-3-1-2-4-13(12)22-15/h1-8,15H,9H2. The summed E-state index contributed by atoms with van der Waals surface area (Å²) in [6, 6.07) is 13.3. The van der Waals surface area contributed by atoms with Gasteiger partial charge < -0.3 is 4.74 Å². The fourth-order valence-electron chi connectivity index (χ4n) is 2.71. The third-order valence-corrected chi connectivity index (χ3v) is 4.16. The zero-order chi connectivity index (χ0) is 16.0. The van der Waals surface area contributed by atoms with Gasteiger partial charge in [-0.05, 0) is 42.0 Å². The van der Waals surface area contributed by atoms with E-state index >= 15 is 0 Å². The van der Waals surface area contributed by atoms with E-state index in [9.17, 15) is 9.18 Å². The second-order valence-corrected chi connectivity index (χ2v) is 5.69. The predicted molar refractivity (Wildman–Crippen MR) is 86.9 cm³/mol. The number of nitrogens with zero attached hydrogens (tertiary/aromatic N) is 2. The summed E-state index contributed by atoms with van der Waals surface area (Å²) in [6.45, 7) is 0.241. The van der Waals surface area contributed by atoms with E-state index < -0.39 is 6.10 Å². The molecule has 1 unspecified atom stereocenters. The van der Waals surface area contributed by atoms with E-state index in [-0.39, 0.29) is 23.4 Å². The average Bonchev–Trinajstić information content (AvgIpc) is 2.92. The van der Waals surface area contributed by atoms with Gasteiger partial charge in [-0.1, -0.05) is 24.3 Å². The van der Waals surface area contributed by atoms with Crippen LogP contribution in [-0.4, -0.2) is 27.7 Å². The van der Waals surface area contributed by atoms with Gasteiger partial charge in [-0.2, -0.15) is 0 Å². The van der Waals surface area contributed by atoms with Crippen LogP contribution in [0.15, 0.2) is 53.5 Å². The van der Waals surface area contributed by atoms with Gasteiger partial charge in [0.1, 0.15) is 17.3 Å². The Morgan fingerprint density at radius 3 is 2.70 bits per heavy atom. The van der Waals surface area contributed by atoms with Crippen LogP contribution in [0.1, 0.15) is 11.1 Å². The molecular weight excluding hydrogens is 315 g/mol. The van der Waals surface area contributed by atoms with E-state index in [1.165, 1.54) is 17.0 Å². The normalized spacial score (nSPS) is 19.1. The number of thiocarbonyl (C=S) groups is 1. The van der Waals surface area contributed by atoms with Crippen molar-refractivity contribution in [3.8, 4) is 5.75 Å². The van der Waals surface area contributed by atoms with Gasteiger partial charge in [-0.3, -0.25) is 9.69 Å². The Hall–Kier alpha value is -2.60. The summed E-state index contributed by atoms with van der Waals surface area (Å²) in [5, 5.41) is 0.200. The van der Waals surface area contributed by atoms with Crippen LogP contribution in [0.5, 0.6) is 5.75 Å². The first-order chi connectivity index (χ1) is 11.1. The predicted octanol–water partition coefficient (Wildman–Crippen LogP) is 2.70. The van der Waals surface area contributed by atoms with Crippen molar-refractivity contribution < 1.29 is 13.9 Å². The van der Waals surface area contributed by atoms with Crippen molar-refractivity contribution in [3.05, 3.63) is 65.5 Å². The molecule has 114 valence electrons. The van der Waals surface area contributed by atoms with E-state index in [1.807, 2.05) is 18.2 Å². The number of carbonyl (C=O) groups is 1. The van der Waals surface area contributed by atoms with Gasteiger partial charge in [-0.25, -0.2) is 9.38 Å². The van der Waals surface area contributed by atoms with E-state index in [1.54, 1.807) is 18.2 Å². The van der Waals surface area contributed by atoms with Crippen molar-refractivity contribution in [2.75, 3.05) is 0 Å². The number of carbonyl (C=O) groups excluding carboxylic acids is 1. The summed E-state index contributed by atoms with van der Waals surface area (Å²) in [5.74, 6) is 0.0627. The monoisotopic (exact) mass is 326 g/mol. The topological polar surface area (TPSA) is 41.9 Å². The van der Waals surface area contributed by atoms with Gasteiger partial charge in [0.15, 0.2) is 0 Å². The molecular formula is C17H11FN2O2S. The number of ether oxygens (including phenoxy) is 1. The summed E-state index contributed by atoms with van der Waals surface area (Å²) in [4.78, 5) is 18.5. The minimum Gasteiger partial charge on any atom is -0.473 e. The number of benzene rings is 2. The van der Waals surface area contributed by atoms with Crippen LogP contribution in [0, 0.1) is 5.82 Å². The van der Waals surface area contributed by atoms with E-state index in [0.29, 0.717) is 11.5 Å². The van der Waals surface area contributed by atoms with E-state index in [0.717, 1.165) is 11.1 Å². The molecule has 2 heterocycles. The Bertz CT molecular complexity index is 848. The van der Waals surface area contributed by atoms with Crippen LogP contribution in [-0.2, 0) is 11.3 Å². The highest BCUT2D eigenvalue weighted by Gasteiger charge is 2.42. The van der Waals surface area contributed by atoms with Crippen LogP contribution in [0.25, 0.3) is 0 Å². The molecule has 2 aliphatic heterocycles. The van der Waals surface area contributed by atoms with E-state index in [2.05, 4.69) is 4.99 Å². The zero-order valence-corrected chi connectivity index (χ0v) is 12.7. The Kier molecular flexibility index (Phi) is 3.20. The van der Waals surface area contributed by atoms with Crippen molar-refractivity contribution in [3.63, 3.8) is 0 Å². The number of rotatable bonds is 2. The first kappa shape index (κ1) is 14.0. The second kappa shape index (κ2) is 5.24. The molecule has 0 radical (unpaired) electrons. The molecule has 0 aromatic heterocycles. The highest BCUT2D eigenvalue weighted by molar-refractivity contribution is 7.80. The van der Waals surface area contributed by atoms with Crippen LogP contribution in [0.4, 0.5) is 4.39 Å². The van der Waals surface area contributed by atoms with Crippen molar-refractivity contribution >= 4 is 28.9 Å². The largest absolute Gasteiger partial charge is 0.473 e. The number of hydrogen-bond acceptors (Lipinski definition) is 3. The minimum atomic E-state index is -0.764. The lowest BCUT2D eigenvalue weighted by Gasteiger charge is -2.28. The first-order valence-electron chi connectivity index (χ1n) is 7.08. The van der Waals surface area contributed by atoms with Crippen molar-refractivity contribution in [1.82, 2.24) is 4.90 Å². The summed E-state index contributed by atoms with van der Waals surface area (Å²) < 4.78 is 18.7. The summed E-state index contributed by atoms with van der Waals surface area (Å²) >= 11 is 5.27. The maximum absolute atomic E-state index is 13.0. The Morgan fingerprint density at radius 1 is 1.17 bits per heavy atom. The number of aliphatic imine (C=N–C) groups is 1. The average molecular weight is 326 g/mol. The lowest BCUT2D eigenvalue weighted by atomic mass is 10.0. The summed E-state index contributed by atoms with van der Waals surface area (Å²) in [5.41, 5.74) is 2.14. The molecule has 1 atom stereocenters. The number of fused-ring (bicyclic) bond motifs is 3. The van der Waals surface area contributed by atoms with Gasteiger partial charge in [0.25, 0.3) is 5.91 Å². The van der Waals surface area contributed by atoms with Crippen LogP contribution < -0.4 is 4.74 Å². The first-order valence-corrected chi connectivity index (χ1v) is 7.49. The fraction of sp³-hybridized carbons (Fsp3) is 0.118. The SMILES string of the molecule is O=C1C2Oc3ccccc3C2=NC(=S)N1Cc1ccc(F)cc1. The van der Waals surface area contributed by atoms with Gasteiger partial charge in [-0.15, -0.1) is 0 Å². The molecule has 0 saturated carbocycles. The quantitative estimate of drug-likeness (QED) is 0.797. The molecule has 6 heteroatoms. The Balaban J connectivity index is 1.65. The maximum Gasteiger partial charge on any atom is 0.276 e. The molecule has 4 nitrogen and oxygen atoms in total. The van der Waals surface area contributed by atoms with Crippen LogP contribution in [0.3, 0.4) is 0 Å². The van der Waals surface area contributed by atoms with Gasteiger partial charge in [0.05, 0.1) is 6.54 Å². The number of hydrogen-bond donors (Lipinski definition) is 0. The molecule has 1 amide bonds. The third kappa shape index (κ3) is 2.31. The van der Waals surface area contributed by atoms with Crippen LogP contribution >= 0.6 is 12.2 Å². The molecule has 2 aromatic carbocycles. The van der Waals surface area contributed by atoms with Crippen molar-refractivity contribution in [2.24, 2.45) is 4.99 Å². The molecule has 23 heavy (non-hydrogen) atoms. The molecule has 2 aromatic rings. The fourth-order valence-corrected chi connectivity index (χ4v) is 2.96. The number of halogens is 1. The third-order valence-electron chi connectivity index (χ3n) is 3.85. The lowest BCUT2D eigenvalue weighted by Crippen LogP contribution is -2.49. The molecule has 0 spiro atoms. The van der Waals surface area contributed by atoms with Crippen molar-refractivity contribution in [2.45, 2.75) is 12.6 Å². The summed E-state index contributed by atoms with van der Waals surface area (Å²) in [7, 11) is 0. The number of amides is 1. The van der Waals surface area contributed by atoms with Crippen LogP contribution in [0.2, 0.25) is 0 Å². The minimum absolute atomic E-state index is 0.200. The molecule has 0 saturated heterocycles. The smallest absolute Gasteiger partial charge is 0.276 e. The molecule has 0 fully saturated rings. The zero-order valence-electron chi connectivity index (χ0n) is 11.9. The summed E-state index contributed by atoms with van der Waals surface area (Å²) in [6.07, 6.45) is -0.764. The lowest BCUT2D eigenvalue weighted by molar-refractivity contribution is -0.132. The molecule has 0 N–H and O–H groups in total. The Labute approximate surface area is 137 Å². The van der Waals surface area contributed by atoms with Gasteiger partial charge in [0, 0.05) is 5.56 Å². The van der Waals surface area contributed by atoms with Gasteiger partial charge >= 0.3 is 0 Å². The second-order valence-electron chi connectivity index (χ2n) is 5.32. The maximum atomic E-state index is 13.0. The molecule has 0 bridgehead atoms. The number of para-hydroxylation sites is 1. The Morgan fingerprint density at radius 2 is 1.91 bits per heavy atom. The highest BCUT2D eigenvalue weighted by Crippen LogP contribution is 2.32. The van der Waals surface area contributed by atoms with E-state index in [4.69, 9.17) is 17.0 Å².